The monoisotopic (exact) mass is 278 g/mol. The number of rotatable bonds is 7. The maximum Gasteiger partial charge on any atom is 0.225 e. The minimum absolute atomic E-state index is 0.0731. The van der Waals surface area contributed by atoms with Gasteiger partial charge in [-0.25, -0.2) is 0 Å². The highest BCUT2D eigenvalue weighted by molar-refractivity contribution is 5.75. The van der Waals surface area contributed by atoms with Crippen molar-refractivity contribution in [1.29, 1.82) is 0 Å². The predicted molar refractivity (Wildman–Crippen MR) is 82.0 cm³/mol. The van der Waals surface area contributed by atoms with E-state index in [2.05, 4.69) is 19.9 Å². The number of aryl methyl sites for hydroxylation is 1. The number of carbonyl (C=O) groups excluding carboxylic acids is 1. The van der Waals surface area contributed by atoms with Crippen LogP contribution in [0.15, 0.2) is 18.2 Å². The van der Waals surface area contributed by atoms with Crippen molar-refractivity contribution in [3.8, 4) is 5.75 Å². The fraction of sp³-hybridized carbons (Fsp3) is 0.562. The molecule has 1 aromatic rings. The van der Waals surface area contributed by atoms with Crippen molar-refractivity contribution in [2.24, 2.45) is 5.73 Å². The van der Waals surface area contributed by atoms with Crippen molar-refractivity contribution in [2.75, 3.05) is 20.7 Å². The van der Waals surface area contributed by atoms with Crippen LogP contribution in [0.3, 0.4) is 0 Å². The number of benzene rings is 1. The first-order valence-corrected chi connectivity index (χ1v) is 7.12. The zero-order valence-electron chi connectivity index (χ0n) is 13.0. The smallest absolute Gasteiger partial charge is 0.225 e. The molecule has 0 saturated carbocycles. The lowest BCUT2D eigenvalue weighted by molar-refractivity contribution is -0.129. The molecular weight excluding hydrogens is 252 g/mol. The van der Waals surface area contributed by atoms with Crippen molar-refractivity contribution in [1.82, 2.24) is 4.90 Å². The Bertz CT molecular complexity index is 444. The van der Waals surface area contributed by atoms with Gasteiger partial charge in [0.1, 0.15) is 5.75 Å². The first-order valence-electron chi connectivity index (χ1n) is 7.12. The van der Waals surface area contributed by atoms with Gasteiger partial charge in [-0.3, -0.25) is 4.79 Å². The van der Waals surface area contributed by atoms with E-state index in [1.807, 2.05) is 12.1 Å². The Morgan fingerprint density at radius 2 is 2.10 bits per heavy atom. The molecule has 0 aliphatic rings. The number of hydrogen-bond donors (Lipinski definition) is 1. The lowest BCUT2D eigenvalue weighted by Gasteiger charge is -2.16. The maximum atomic E-state index is 11.5. The van der Waals surface area contributed by atoms with Crippen LogP contribution in [0.1, 0.15) is 30.9 Å². The SMILES string of the molecule is CCC(N)Cc1cc(C)ccc1OCCC(=O)N(C)C. The number of hydrogen-bond acceptors (Lipinski definition) is 3. The van der Waals surface area contributed by atoms with E-state index in [0.29, 0.717) is 13.0 Å². The van der Waals surface area contributed by atoms with Gasteiger partial charge >= 0.3 is 0 Å². The van der Waals surface area contributed by atoms with Crippen molar-refractivity contribution in [2.45, 2.75) is 39.2 Å². The summed E-state index contributed by atoms with van der Waals surface area (Å²) in [6.07, 6.45) is 2.13. The van der Waals surface area contributed by atoms with Gasteiger partial charge in [-0.05, 0) is 31.4 Å². The molecular formula is C16H26N2O2. The Balaban J connectivity index is 2.66. The van der Waals surface area contributed by atoms with Crippen LogP contribution >= 0.6 is 0 Å². The van der Waals surface area contributed by atoms with E-state index in [-0.39, 0.29) is 11.9 Å². The van der Waals surface area contributed by atoms with Gasteiger partial charge in [-0.1, -0.05) is 24.6 Å². The van der Waals surface area contributed by atoms with Crippen LogP contribution in [0.25, 0.3) is 0 Å². The van der Waals surface area contributed by atoms with Crippen molar-refractivity contribution in [3.05, 3.63) is 29.3 Å². The molecule has 1 atom stereocenters. The van der Waals surface area contributed by atoms with Crippen molar-refractivity contribution < 1.29 is 9.53 Å². The second kappa shape index (κ2) is 7.90. The van der Waals surface area contributed by atoms with E-state index in [1.54, 1.807) is 19.0 Å². The largest absolute Gasteiger partial charge is 0.493 e. The van der Waals surface area contributed by atoms with Crippen LogP contribution < -0.4 is 10.5 Å². The van der Waals surface area contributed by atoms with E-state index in [9.17, 15) is 4.79 Å². The Morgan fingerprint density at radius 3 is 2.70 bits per heavy atom. The molecule has 1 amide bonds. The Labute approximate surface area is 121 Å². The number of amides is 1. The van der Waals surface area contributed by atoms with Gasteiger partial charge in [0.05, 0.1) is 13.0 Å². The molecule has 2 N–H and O–H groups in total. The topological polar surface area (TPSA) is 55.6 Å². The zero-order valence-corrected chi connectivity index (χ0v) is 13.0. The standard InChI is InChI=1S/C16H26N2O2/c1-5-14(17)11-13-10-12(2)6-7-15(13)20-9-8-16(19)18(3)4/h6-7,10,14H,5,8-9,11,17H2,1-4H3. The molecule has 1 rings (SSSR count). The first kappa shape index (κ1) is 16.5. The van der Waals surface area contributed by atoms with Gasteiger partial charge in [0.15, 0.2) is 0 Å². The average Bonchev–Trinajstić information content (AvgIpc) is 2.40. The number of ether oxygens (including phenoxy) is 1. The Hall–Kier alpha value is -1.55. The second-order valence-corrected chi connectivity index (χ2v) is 5.37. The lowest BCUT2D eigenvalue weighted by atomic mass is 10.0. The molecule has 0 heterocycles. The molecule has 1 aromatic carbocycles. The molecule has 4 heteroatoms. The van der Waals surface area contributed by atoms with Crippen LogP contribution in [0.4, 0.5) is 0 Å². The fourth-order valence-electron chi connectivity index (χ4n) is 1.91. The summed E-state index contributed by atoms with van der Waals surface area (Å²) in [4.78, 5) is 13.1. The fourth-order valence-corrected chi connectivity index (χ4v) is 1.91. The van der Waals surface area contributed by atoms with Crippen LogP contribution in [0.2, 0.25) is 0 Å². The number of carbonyl (C=O) groups is 1. The summed E-state index contributed by atoms with van der Waals surface area (Å²) in [5, 5.41) is 0. The third-order valence-electron chi connectivity index (χ3n) is 3.29. The minimum Gasteiger partial charge on any atom is -0.493 e. The highest BCUT2D eigenvalue weighted by atomic mass is 16.5. The molecule has 1 unspecified atom stereocenters. The van der Waals surface area contributed by atoms with Gasteiger partial charge in [0.2, 0.25) is 5.91 Å². The third kappa shape index (κ3) is 5.21. The highest BCUT2D eigenvalue weighted by Crippen LogP contribution is 2.22. The Morgan fingerprint density at radius 1 is 1.40 bits per heavy atom. The normalized spacial score (nSPS) is 12.1. The molecule has 0 aromatic heterocycles. The van der Waals surface area contributed by atoms with Crippen molar-refractivity contribution in [3.63, 3.8) is 0 Å². The number of nitrogens with zero attached hydrogens (tertiary/aromatic N) is 1. The molecule has 0 radical (unpaired) electrons. The molecule has 0 aliphatic carbocycles. The highest BCUT2D eigenvalue weighted by Gasteiger charge is 2.10. The summed E-state index contributed by atoms with van der Waals surface area (Å²) < 4.78 is 5.76. The summed E-state index contributed by atoms with van der Waals surface area (Å²) in [6.45, 7) is 4.53. The first-order chi connectivity index (χ1) is 9.43. The summed E-state index contributed by atoms with van der Waals surface area (Å²) >= 11 is 0. The zero-order chi connectivity index (χ0) is 15.1. The average molecular weight is 278 g/mol. The summed E-state index contributed by atoms with van der Waals surface area (Å²) in [6, 6.07) is 6.23. The number of nitrogens with two attached hydrogens (primary N) is 1. The van der Waals surface area contributed by atoms with E-state index in [0.717, 1.165) is 24.2 Å². The van der Waals surface area contributed by atoms with Gasteiger partial charge in [-0.15, -0.1) is 0 Å². The molecule has 112 valence electrons. The molecule has 0 saturated heterocycles. The van der Waals surface area contributed by atoms with Gasteiger partial charge < -0.3 is 15.4 Å². The summed E-state index contributed by atoms with van der Waals surface area (Å²) in [7, 11) is 3.50. The summed E-state index contributed by atoms with van der Waals surface area (Å²) in [5.41, 5.74) is 8.34. The maximum absolute atomic E-state index is 11.5. The van der Waals surface area contributed by atoms with E-state index < -0.39 is 0 Å². The molecule has 4 nitrogen and oxygen atoms in total. The third-order valence-corrected chi connectivity index (χ3v) is 3.29. The van der Waals surface area contributed by atoms with Crippen LogP contribution in [0.5, 0.6) is 5.75 Å². The predicted octanol–water partition coefficient (Wildman–Crippen LogP) is 2.13. The van der Waals surface area contributed by atoms with Crippen molar-refractivity contribution >= 4 is 5.91 Å². The van der Waals surface area contributed by atoms with E-state index in [1.165, 1.54) is 5.56 Å². The second-order valence-electron chi connectivity index (χ2n) is 5.37. The molecule has 0 spiro atoms. The summed E-state index contributed by atoms with van der Waals surface area (Å²) in [5.74, 6) is 0.912. The molecule has 20 heavy (non-hydrogen) atoms. The van der Waals surface area contributed by atoms with Gasteiger partial charge in [0.25, 0.3) is 0 Å². The van der Waals surface area contributed by atoms with Gasteiger partial charge in [0, 0.05) is 20.1 Å². The van der Waals surface area contributed by atoms with E-state index >= 15 is 0 Å². The molecule has 0 bridgehead atoms. The van der Waals surface area contributed by atoms with Crippen LogP contribution in [-0.2, 0) is 11.2 Å². The molecule has 0 aliphatic heterocycles. The van der Waals surface area contributed by atoms with Crippen LogP contribution in [-0.4, -0.2) is 37.6 Å². The minimum atomic E-state index is 0.0731. The van der Waals surface area contributed by atoms with Crippen LogP contribution in [0, 0.1) is 6.92 Å². The quantitative estimate of drug-likeness (QED) is 0.831. The lowest BCUT2D eigenvalue weighted by Crippen LogP contribution is -2.24. The Kier molecular flexibility index (Phi) is 6.52. The molecule has 0 fully saturated rings. The van der Waals surface area contributed by atoms with Gasteiger partial charge in [-0.2, -0.15) is 0 Å². The van der Waals surface area contributed by atoms with E-state index in [4.69, 9.17) is 10.5 Å².